The third kappa shape index (κ3) is 5.48. The van der Waals surface area contributed by atoms with E-state index in [-0.39, 0.29) is 5.57 Å². The SMILES string of the molecule is CCCOC(=O)C(C(=O)OCCC)=C1SCCCS1. The Morgan fingerprint density at radius 3 is 1.89 bits per heavy atom. The van der Waals surface area contributed by atoms with Crippen LogP contribution < -0.4 is 0 Å². The van der Waals surface area contributed by atoms with E-state index in [0.717, 1.165) is 35.0 Å². The first kappa shape index (κ1) is 16.4. The monoisotopic (exact) mass is 304 g/mol. The van der Waals surface area contributed by atoms with Gasteiger partial charge in [-0.3, -0.25) is 0 Å². The average Bonchev–Trinajstić information content (AvgIpc) is 2.44. The van der Waals surface area contributed by atoms with Crippen LogP contribution >= 0.6 is 23.5 Å². The molecule has 6 heteroatoms. The number of esters is 2. The summed E-state index contributed by atoms with van der Waals surface area (Å²) in [7, 11) is 0. The molecule has 0 spiro atoms. The molecule has 1 rings (SSSR count). The van der Waals surface area contributed by atoms with Crippen LogP contribution in [0.15, 0.2) is 9.81 Å². The van der Waals surface area contributed by atoms with Crippen LogP contribution in [0.1, 0.15) is 33.1 Å². The highest BCUT2D eigenvalue weighted by Crippen LogP contribution is 2.37. The van der Waals surface area contributed by atoms with Gasteiger partial charge in [-0.05, 0) is 30.8 Å². The second-order valence-electron chi connectivity index (χ2n) is 3.98. The van der Waals surface area contributed by atoms with Gasteiger partial charge in [-0.15, -0.1) is 23.5 Å². The van der Waals surface area contributed by atoms with Gasteiger partial charge in [0.1, 0.15) is 0 Å². The lowest BCUT2D eigenvalue weighted by Gasteiger charge is -2.16. The number of rotatable bonds is 6. The zero-order valence-electron chi connectivity index (χ0n) is 11.4. The second-order valence-corrected chi connectivity index (χ2v) is 6.45. The van der Waals surface area contributed by atoms with Gasteiger partial charge in [0.15, 0.2) is 5.57 Å². The molecule has 0 aromatic heterocycles. The first-order valence-corrected chi connectivity index (χ1v) is 8.51. The molecule has 1 aliphatic heterocycles. The molecule has 1 fully saturated rings. The zero-order chi connectivity index (χ0) is 14.1. The highest BCUT2D eigenvalue weighted by atomic mass is 32.2. The lowest BCUT2D eigenvalue weighted by Crippen LogP contribution is -2.21. The van der Waals surface area contributed by atoms with E-state index in [1.165, 1.54) is 23.5 Å². The van der Waals surface area contributed by atoms with Crippen molar-refractivity contribution >= 4 is 35.5 Å². The molecule has 108 valence electrons. The van der Waals surface area contributed by atoms with Gasteiger partial charge in [-0.1, -0.05) is 13.8 Å². The van der Waals surface area contributed by atoms with Gasteiger partial charge >= 0.3 is 11.9 Å². The van der Waals surface area contributed by atoms with Crippen molar-refractivity contribution in [2.45, 2.75) is 33.1 Å². The molecule has 1 heterocycles. The third-order valence-electron chi connectivity index (χ3n) is 2.24. The molecule has 0 amide bonds. The molecule has 0 aromatic rings. The van der Waals surface area contributed by atoms with E-state index >= 15 is 0 Å². The first-order valence-electron chi connectivity index (χ1n) is 6.54. The molecule has 0 N–H and O–H groups in total. The minimum Gasteiger partial charge on any atom is -0.462 e. The van der Waals surface area contributed by atoms with Crippen molar-refractivity contribution in [1.82, 2.24) is 0 Å². The fraction of sp³-hybridized carbons (Fsp3) is 0.692. The zero-order valence-corrected chi connectivity index (χ0v) is 13.0. The summed E-state index contributed by atoms with van der Waals surface area (Å²) in [4.78, 5) is 24.0. The van der Waals surface area contributed by atoms with Crippen molar-refractivity contribution in [3.8, 4) is 0 Å². The van der Waals surface area contributed by atoms with E-state index < -0.39 is 11.9 Å². The summed E-state index contributed by atoms with van der Waals surface area (Å²) in [6, 6.07) is 0. The molecule has 0 bridgehead atoms. The molecule has 4 nitrogen and oxygen atoms in total. The van der Waals surface area contributed by atoms with Crippen molar-refractivity contribution in [1.29, 1.82) is 0 Å². The summed E-state index contributed by atoms with van der Waals surface area (Å²) in [5.74, 6) is 0.738. The van der Waals surface area contributed by atoms with E-state index in [4.69, 9.17) is 9.47 Å². The highest BCUT2D eigenvalue weighted by molar-refractivity contribution is 8.22. The first-order chi connectivity index (χ1) is 9.20. The Hall–Kier alpha value is -0.620. The Balaban J connectivity index is 2.83. The molecular weight excluding hydrogens is 284 g/mol. The Kier molecular flexibility index (Phi) is 8.05. The second kappa shape index (κ2) is 9.31. The van der Waals surface area contributed by atoms with Crippen molar-refractivity contribution in [3.05, 3.63) is 9.81 Å². The van der Waals surface area contributed by atoms with E-state index in [9.17, 15) is 9.59 Å². The topological polar surface area (TPSA) is 52.6 Å². The largest absolute Gasteiger partial charge is 0.462 e. The molecule has 1 saturated heterocycles. The summed E-state index contributed by atoms with van der Waals surface area (Å²) in [6.07, 6.45) is 2.55. The van der Waals surface area contributed by atoms with E-state index in [1.807, 2.05) is 13.8 Å². The molecule has 1 aliphatic rings. The van der Waals surface area contributed by atoms with E-state index in [0.29, 0.717) is 13.2 Å². The molecule has 19 heavy (non-hydrogen) atoms. The number of hydrogen-bond acceptors (Lipinski definition) is 6. The quantitative estimate of drug-likeness (QED) is 0.325. The predicted octanol–water partition coefficient (Wildman–Crippen LogP) is 2.97. The number of carbonyl (C=O) groups is 2. The van der Waals surface area contributed by atoms with Crippen LogP contribution in [-0.2, 0) is 19.1 Å². The summed E-state index contributed by atoms with van der Waals surface area (Å²) < 4.78 is 10.9. The number of ether oxygens (including phenoxy) is 2. The molecule has 0 aliphatic carbocycles. The van der Waals surface area contributed by atoms with Crippen molar-refractivity contribution < 1.29 is 19.1 Å². The minimum atomic E-state index is -0.556. The lowest BCUT2D eigenvalue weighted by atomic mass is 10.3. The summed E-state index contributed by atoms with van der Waals surface area (Å²) in [5, 5.41) is 0. The average molecular weight is 304 g/mol. The van der Waals surface area contributed by atoms with Gasteiger partial charge in [-0.2, -0.15) is 0 Å². The van der Waals surface area contributed by atoms with Crippen LogP contribution in [-0.4, -0.2) is 36.7 Å². The fourth-order valence-corrected chi connectivity index (χ4v) is 3.94. The van der Waals surface area contributed by atoms with Crippen LogP contribution in [0.5, 0.6) is 0 Å². The van der Waals surface area contributed by atoms with E-state index in [2.05, 4.69) is 0 Å². The van der Waals surface area contributed by atoms with Gasteiger partial charge in [0.05, 0.1) is 17.5 Å². The van der Waals surface area contributed by atoms with Crippen LogP contribution in [0.4, 0.5) is 0 Å². The van der Waals surface area contributed by atoms with Crippen LogP contribution in [0, 0.1) is 0 Å². The maximum absolute atomic E-state index is 12.0. The smallest absolute Gasteiger partial charge is 0.347 e. The Labute approximate surface area is 122 Å². The molecule has 0 unspecified atom stereocenters. The Morgan fingerprint density at radius 1 is 1.00 bits per heavy atom. The van der Waals surface area contributed by atoms with Crippen LogP contribution in [0.2, 0.25) is 0 Å². The summed E-state index contributed by atoms with van der Waals surface area (Å²) >= 11 is 3.07. The Morgan fingerprint density at radius 2 is 1.47 bits per heavy atom. The summed E-state index contributed by atoms with van der Waals surface area (Å²) in [6.45, 7) is 4.48. The summed E-state index contributed by atoms with van der Waals surface area (Å²) in [5.41, 5.74) is 0.0802. The Bertz CT molecular complexity index is 323. The van der Waals surface area contributed by atoms with Gasteiger partial charge in [-0.25, -0.2) is 9.59 Å². The molecule has 0 atom stereocenters. The lowest BCUT2D eigenvalue weighted by molar-refractivity contribution is -0.147. The molecule has 0 aromatic carbocycles. The number of hydrogen-bond donors (Lipinski definition) is 0. The number of thioether (sulfide) groups is 2. The normalized spacial score (nSPS) is 14.9. The van der Waals surface area contributed by atoms with Crippen LogP contribution in [0.3, 0.4) is 0 Å². The van der Waals surface area contributed by atoms with Crippen molar-refractivity contribution in [3.63, 3.8) is 0 Å². The van der Waals surface area contributed by atoms with Gasteiger partial charge in [0, 0.05) is 0 Å². The maximum atomic E-state index is 12.0. The van der Waals surface area contributed by atoms with Gasteiger partial charge in [0.25, 0.3) is 0 Å². The highest BCUT2D eigenvalue weighted by Gasteiger charge is 2.28. The standard InChI is InChI=1S/C13H20O4S2/c1-3-6-16-11(14)10(12(15)17-7-4-2)13-18-8-5-9-19-13/h3-9H2,1-2H3. The van der Waals surface area contributed by atoms with Gasteiger partial charge < -0.3 is 9.47 Å². The van der Waals surface area contributed by atoms with Crippen molar-refractivity contribution in [2.24, 2.45) is 0 Å². The third-order valence-corrected chi connectivity index (χ3v) is 4.87. The molecular formula is C13H20O4S2. The number of carbonyl (C=O) groups excluding carboxylic acids is 2. The molecule has 0 saturated carbocycles. The van der Waals surface area contributed by atoms with E-state index in [1.54, 1.807) is 0 Å². The maximum Gasteiger partial charge on any atom is 0.347 e. The molecule has 0 radical (unpaired) electrons. The predicted molar refractivity (Wildman–Crippen MR) is 79.1 cm³/mol. The van der Waals surface area contributed by atoms with Crippen molar-refractivity contribution in [2.75, 3.05) is 24.7 Å². The van der Waals surface area contributed by atoms with Crippen LogP contribution in [0.25, 0.3) is 0 Å². The van der Waals surface area contributed by atoms with Gasteiger partial charge in [0.2, 0.25) is 0 Å². The fourth-order valence-electron chi connectivity index (χ4n) is 1.36. The minimum absolute atomic E-state index is 0.0802.